The average molecular weight is 723 g/mol. The van der Waals surface area contributed by atoms with Gasteiger partial charge in [-0.15, -0.1) is 0 Å². The summed E-state index contributed by atoms with van der Waals surface area (Å²) >= 11 is 0. The van der Waals surface area contributed by atoms with E-state index in [4.69, 9.17) is 0 Å². The molecule has 4 aromatic rings. The number of piperazine rings is 1. The first-order valence-electron chi connectivity index (χ1n) is 17.6. The van der Waals surface area contributed by atoms with Crippen LogP contribution in [-0.2, 0) is 29.5 Å². The lowest BCUT2D eigenvalue weighted by Gasteiger charge is -2.54. The summed E-state index contributed by atoms with van der Waals surface area (Å²) in [5, 5.41) is 11.8. The number of fused-ring (bicyclic) bond motifs is 2. The number of anilines is 1. The highest BCUT2D eigenvalue weighted by Crippen LogP contribution is 2.44. The Labute approximate surface area is 297 Å². The maximum Gasteiger partial charge on any atom is 0.393 e. The van der Waals surface area contributed by atoms with Gasteiger partial charge in [-0.2, -0.15) is 22.7 Å². The molecule has 3 aliphatic rings. The van der Waals surface area contributed by atoms with Gasteiger partial charge >= 0.3 is 6.18 Å². The van der Waals surface area contributed by atoms with E-state index in [1.807, 2.05) is 13.0 Å². The Kier molecular flexibility index (Phi) is 9.31. The SMILES string of the molecule is Cc1c(CN2CCC3(CC2)CN(c2ncnc4ccc(CC(F)(F)F)cc24)C3)ccc2c1cc(C#N)n2C[C@H](C)N1CCN(S(C)(=O)=O)[C@@H](C)C1. The molecule has 5 heterocycles. The number of aryl methyl sites for hydroxylation is 1. The van der Waals surface area contributed by atoms with E-state index in [-0.39, 0.29) is 23.1 Å². The second-order valence-electron chi connectivity index (χ2n) is 15.1. The van der Waals surface area contributed by atoms with Crippen LogP contribution in [0.1, 0.15) is 49.1 Å². The molecule has 7 rings (SSSR count). The lowest BCUT2D eigenvalue weighted by Crippen LogP contribution is -2.60. The number of nitrogens with zero attached hydrogens (tertiary/aromatic N) is 8. The summed E-state index contributed by atoms with van der Waals surface area (Å²) in [5.74, 6) is 0.711. The zero-order valence-corrected chi connectivity index (χ0v) is 30.4. The maximum absolute atomic E-state index is 13.1. The Balaban J connectivity index is 0.986. The molecule has 2 atom stereocenters. The number of nitriles is 1. The monoisotopic (exact) mass is 722 g/mol. The van der Waals surface area contributed by atoms with E-state index >= 15 is 0 Å². The minimum absolute atomic E-state index is 0.104. The van der Waals surface area contributed by atoms with Crippen molar-refractivity contribution in [1.29, 1.82) is 5.26 Å². The summed E-state index contributed by atoms with van der Waals surface area (Å²) in [6, 6.07) is 13.5. The molecule has 1 spiro atoms. The third-order valence-corrected chi connectivity index (χ3v) is 12.8. The zero-order valence-electron chi connectivity index (χ0n) is 29.6. The predicted molar refractivity (Wildman–Crippen MR) is 192 cm³/mol. The largest absolute Gasteiger partial charge is 0.393 e. The quantitative estimate of drug-likeness (QED) is 0.241. The van der Waals surface area contributed by atoms with Crippen LogP contribution in [0.25, 0.3) is 21.8 Å². The molecule has 0 saturated carbocycles. The first-order valence-corrected chi connectivity index (χ1v) is 19.5. The van der Waals surface area contributed by atoms with Gasteiger partial charge in [0.1, 0.15) is 23.9 Å². The van der Waals surface area contributed by atoms with E-state index < -0.39 is 22.6 Å². The van der Waals surface area contributed by atoms with Gasteiger partial charge in [0.25, 0.3) is 0 Å². The van der Waals surface area contributed by atoms with E-state index in [9.17, 15) is 26.9 Å². The number of hydrogen-bond donors (Lipinski definition) is 0. The summed E-state index contributed by atoms with van der Waals surface area (Å²) in [6.45, 7) is 13.0. The van der Waals surface area contributed by atoms with Gasteiger partial charge in [-0.1, -0.05) is 12.1 Å². The molecule has 0 bridgehead atoms. The molecule has 14 heteroatoms. The maximum atomic E-state index is 13.1. The molecular weight excluding hydrogens is 678 g/mol. The van der Waals surface area contributed by atoms with Gasteiger partial charge in [-0.3, -0.25) is 9.80 Å². The van der Waals surface area contributed by atoms with Crippen LogP contribution in [0.5, 0.6) is 0 Å². The molecule has 0 N–H and O–H groups in total. The first-order chi connectivity index (χ1) is 24.1. The van der Waals surface area contributed by atoms with Crippen molar-refractivity contribution in [3.63, 3.8) is 0 Å². The molecule has 51 heavy (non-hydrogen) atoms. The van der Waals surface area contributed by atoms with Gasteiger partial charge in [0.05, 0.1) is 18.2 Å². The average Bonchev–Trinajstić information content (AvgIpc) is 3.41. The fourth-order valence-electron chi connectivity index (χ4n) is 8.56. The van der Waals surface area contributed by atoms with Crippen molar-refractivity contribution < 1.29 is 21.6 Å². The molecule has 2 aromatic heterocycles. The number of sulfonamides is 1. The van der Waals surface area contributed by atoms with Crippen molar-refractivity contribution >= 4 is 37.6 Å². The number of likely N-dealkylation sites (tertiary alicyclic amines) is 1. The Morgan fingerprint density at radius 1 is 1.04 bits per heavy atom. The smallest absolute Gasteiger partial charge is 0.355 e. The third kappa shape index (κ3) is 7.18. The normalized spacial score (nSPS) is 21.3. The fourth-order valence-corrected chi connectivity index (χ4v) is 9.70. The van der Waals surface area contributed by atoms with Crippen LogP contribution >= 0.6 is 0 Å². The van der Waals surface area contributed by atoms with Gasteiger partial charge in [0.2, 0.25) is 10.0 Å². The molecule has 3 fully saturated rings. The highest BCUT2D eigenvalue weighted by Gasteiger charge is 2.46. The number of piperidine rings is 1. The van der Waals surface area contributed by atoms with Gasteiger partial charge in [-0.25, -0.2) is 18.4 Å². The lowest BCUT2D eigenvalue weighted by molar-refractivity contribution is -0.127. The third-order valence-electron chi connectivity index (χ3n) is 11.4. The number of rotatable bonds is 8. The molecule has 0 aliphatic carbocycles. The van der Waals surface area contributed by atoms with Crippen molar-refractivity contribution in [1.82, 2.24) is 28.6 Å². The first kappa shape index (κ1) is 35.6. The van der Waals surface area contributed by atoms with Crippen LogP contribution in [0.3, 0.4) is 0 Å². The van der Waals surface area contributed by atoms with Crippen LogP contribution in [-0.4, -0.2) is 107 Å². The van der Waals surface area contributed by atoms with Crippen LogP contribution in [0.2, 0.25) is 0 Å². The Bertz CT molecular complexity index is 2090. The topological polar surface area (TPSA) is 102 Å². The minimum atomic E-state index is -4.27. The molecule has 0 amide bonds. The number of halogens is 3. The molecule has 272 valence electrons. The van der Waals surface area contributed by atoms with Crippen molar-refractivity contribution in [2.75, 3.05) is 57.0 Å². The standard InChI is InChI=1S/C37H45F3N8O2S/c1-25(45-13-14-48(26(2)19-45)51(4,49)50)20-47-30(18-41)16-31-27(3)29(6-8-34(31)47)21-44-11-9-36(10-12-44)22-46(23-36)35-32-15-28(17-37(38,39)40)5-7-33(32)42-24-43-35/h5-8,15-16,24-26H,9-14,17,19-23H2,1-4H3/t25-,26-/m0/s1. The highest BCUT2D eigenvalue weighted by molar-refractivity contribution is 7.88. The fraction of sp³-hybridized carbons (Fsp3) is 0.541. The van der Waals surface area contributed by atoms with E-state index in [1.54, 1.807) is 16.4 Å². The highest BCUT2D eigenvalue weighted by atomic mass is 32.2. The molecule has 0 radical (unpaired) electrons. The number of hydrogen-bond acceptors (Lipinski definition) is 8. The number of aromatic nitrogens is 3. The van der Waals surface area contributed by atoms with Crippen LogP contribution in [0.4, 0.5) is 19.0 Å². The number of benzene rings is 2. The van der Waals surface area contributed by atoms with Crippen LogP contribution in [0.15, 0.2) is 42.7 Å². The van der Waals surface area contributed by atoms with E-state index in [0.717, 1.165) is 56.5 Å². The van der Waals surface area contributed by atoms with Crippen molar-refractivity contribution in [3.05, 3.63) is 65.1 Å². The minimum Gasteiger partial charge on any atom is -0.355 e. The van der Waals surface area contributed by atoms with E-state index in [0.29, 0.717) is 48.6 Å². The Morgan fingerprint density at radius 3 is 2.45 bits per heavy atom. The zero-order chi connectivity index (χ0) is 36.3. The molecule has 0 unspecified atom stereocenters. The molecule has 2 aromatic carbocycles. The van der Waals surface area contributed by atoms with Crippen molar-refractivity contribution in [3.8, 4) is 6.07 Å². The molecule has 3 saturated heterocycles. The van der Waals surface area contributed by atoms with Gasteiger partial charge in [-0.05, 0) is 87.7 Å². The molecular formula is C37H45F3N8O2S. The summed E-state index contributed by atoms with van der Waals surface area (Å²) < 4.78 is 67.2. The van der Waals surface area contributed by atoms with Gasteiger partial charge < -0.3 is 9.47 Å². The van der Waals surface area contributed by atoms with Crippen LogP contribution in [0, 0.1) is 23.7 Å². The second kappa shape index (κ2) is 13.3. The van der Waals surface area contributed by atoms with Gasteiger partial charge in [0.15, 0.2) is 0 Å². The lowest BCUT2D eigenvalue weighted by atomic mass is 9.72. The van der Waals surface area contributed by atoms with E-state index in [1.165, 1.54) is 29.8 Å². The summed E-state index contributed by atoms with van der Waals surface area (Å²) in [6.07, 6.45) is -0.404. The molecule has 3 aliphatic heterocycles. The summed E-state index contributed by atoms with van der Waals surface area (Å²) in [4.78, 5) is 15.8. The summed E-state index contributed by atoms with van der Waals surface area (Å²) in [7, 11) is -3.24. The van der Waals surface area contributed by atoms with Gasteiger partial charge in [0, 0.05) is 79.6 Å². The Morgan fingerprint density at radius 2 is 1.78 bits per heavy atom. The number of alkyl halides is 3. The summed E-state index contributed by atoms with van der Waals surface area (Å²) in [5.41, 5.74) is 5.13. The predicted octanol–water partition coefficient (Wildman–Crippen LogP) is 5.33. The van der Waals surface area contributed by atoms with Crippen LogP contribution < -0.4 is 4.90 Å². The Hall–Kier alpha value is -3.77. The van der Waals surface area contributed by atoms with Crippen molar-refractivity contribution in [2.24, 2.45) is 5.41 Å². The van der Waals surface area contributed by atoms with Crippen molar-refractivity contribution in [2.45, 2.75) is 71.4 Å². The second-order valence-corrected chi connectivity index (χ2v) is 17.0. The molecule has 10 nitrogen and oxygen atoms in total. The van der Waals surface area contributed by atoms with E-state index in [2.05, 4.69) is 61.3 Å².